The maximum absolute atomic E-state index is 2.51. The topological polar surface area (TPSA) is 0 Å². The van der Waals surface area contributed by atoms with Gasteiger partial charge in [0.05, 0.1) is 0 Å². The minimum atomic E-state index is 0.978. The van der Waals surface area contributed by atoms with Crippen LogP contribution in [0.25, 0.3) is 0 Å². The quantitative estimate of drug-likeness (QED) is 0.558. The van der Waals surface area contributed by atoms with Crippen LogP contribution in [-0.2, 0) is 0 Å². The maximum atomic E-state index is 2.51. The van der Waals surface area contributed by atoms with E-state index in [1.54, 1.807) is 19.3 Å². The molecule has 6 atom stereocenters. The van der Waals surface area contributed by atoms with Gasteiger partial charge in [0.1, 0.15) is 0 Å². The molecule has 0 heterocycles. The van der Waals surface area contributed by atoms with Crippen molar-refractivity contribution in [1.29, 1.82) is 0 Å². The summed E-state index contributed by atoms with van der Waals surface area (Å²) in [4.78, 5) is 0. The zero-order chi connectivity index (χ0) is 9.57. The standard InChI is InChI=1S/C15H18/c1-2-4-10-8(3-1)5-9-6-12-11-7-13(11)15(10)14(9)12/h2,4,8-9,11-14H,1,3,5-7H2. The van der Waals surface area contributed by atoms with Crippen molar-refractivity contribution in [2.45, 2.75) is 32.1 Å². The van der Waals surface area contributed by atoms with E-state index in [1.807, 2.05) is 11.1 Å². The van der Waals surface area contributed by atoms with Crippen LogP contribution in [-0.4, -0.2) is 0 Å². The van der Waals surface area contributed by atoms with Gasteiger partial charge in [0.25, 0.3) is 0 Å². The highest BCUT2D eigenvalue weighted by Crippen LogP contribution is 2.73. The minimum absolute atomic E-state index is 0.978. The van der Waals surface area contributed by atoms with Gasteiger partial charge in [-0.2, -0.15) is 0 Å². The monoisotopic (exact) mass is 198 g/mol. The van der Waals surface area contributed by atoms with Gasteiger partial charge in [-0.25, -0.2) is 0 Å². The smallest absolute Gasteiger partial charge is 0.0134 e. The summed E-state index contributed by atoms with van der Waals surface area (Å²) in [7, 11) is 0. The molecule has 3 fully saturated rings. The van der Waals surface area contributed by atoms with E-state index in [9.17, 15) is 0 Å². The Morgan fingerprint density at radius 1 is 1.07 bits per heavy atom. The Kier molecular flexibility index (Phi) is 1.16. The molecule has 0 aromatic carbocycles. The third kappa shape index (κ3) is 0.756. The van der Waals surface area contributed by atoms with Gasteiger partial charge in [-0.15, -0.1) is 0 Å². The Morgan fingerprint density at radius 3 is 3.07 bits per heavy atom. The van der Waals surface area contributed by atoms with Gasteiger partial charge in [0.15, 0.2) is 0 Å². The van der Waals surface area contributed by atoms with Crippen molar-refractivity contribution in [3.8, 4) is 0 Å². The SMILES string of the molecule is C1=CC2=C3C4CC4C4CC(CC2CC1)C34. The summed E-state index contributed by atoms with van der Waals surface area (Å²) < 4.78 is 0. The molecule has 3 saturated carbocycles. The van der Waals surface area contributed by atoms with Crippen LogP contribution in [0.3, 0.4) is 0 Å². The third-order valence-electron chi connectivity index (χ3n) is 6.03. The van der Waals surface area contributed by atoms with Gasteiger partial charge < -0.3 is 0 Å². The zero-order valence-electron chi connectivity index (χ0n) is 9.15. The molecule has 0 bridgehead atoms. The van der Waals surface area contributed by atoms with Gasteiger partial charge >= 0.3 is 0 Å². The number of rotatable bonds is 0. The van der Waals surface area contributed by atoms with E-state index in [-0.39, 0.29) is 0 Å². The molecule has 0 N–H and O–H groups in total. The fraction of sp³-hybridized carbons (Fsp3) is 0.733. The Balaban J connectivity index is 1.73. The molecule has 6 unspecified atom stereocenters. The molecular weight excluding hydrogens is 180 g/mol. The van der Waals surface area contributed by atoms with Gasteiger partial charge in [0.2, 0.25) is 0 Å². The second kappa shape index (κ2) is 2.26. The third-order valence-corrected chi connectivity index (χ3v) is 6.03. The van der Waals surface area contributed by atoms with E-state index < -0.39 is 0 Å². The Labute approximate surface area is 91.4 Å². The highest BCUT2D eigenvalue weighted by Gasteiger charge is 2.65. The molecule has 0 aromatic heterocycles. The number of hydrogen-bond acceptors (Lipinski definition) is 0. The summed E-state index contributed by atoms with van der Waals surface area (Å²) in [5.41, 5.74) is 3.81. The molecule has 0 aliphatic heterocycles. The summed E-state index contributed by atoms with van der Waals surface area (Å²) in [6, 6.07) is 0. The molecule has 0 nitrogen and oxygen atoms in total. The molecule has 78 valence electrons. The van der Waals surface area contributed by atoms with E-state index in [2.05, 4.69) is 12.2 Å². The van der Waals surface area contributed by atoms with Crippen LogP contribution in [0.5, 0.6) is 0 Å². The van der Waals surface area contributed by atoms with E-state index >= 15 is 0 Å². The predicted octanol–water partition coefficient (Wildman–Crippen LogP) is 3.55. The molecular formula is C15H18. The van der Waals surface area contributed by atoms with Crippen LogP contribution < -0.4 is 0 Å². The lowest BCUT2D eigenvalue weighted by atomic mass is 9.55. The van der Waals surface area contributed by atoms with E-state index in [0.717, 1.165) is 35.5 Å². The average Bonchev–Trinajstić information content (AvgIpc) is 2.95. The molecule has 0 aromatic rings. The van der Waals surface area contributed by atoms with Crippen molar-refractivity contribution in [2.75, 3.05) is 0 Å². The molecule has 0 saturated heterocycles. The maximum Gasteiger partial charge on any atom is -0.0134 e. The highest BCUT2D eigenvalue weighted by atomic mass is 14.7. The molecule has 0 spiro atoms. The van der Waals surface area contributed by atoms with E-state index in [1.165, 1.54) is 12.8 Å². The van der Waals surface area contributed by atoms with Gasteiger partial charge in [0, 0.05) is 0 Å². The first-order valence-electron chi connectivity index (χ1n) is 6.84. The van der Waals surface area contributed by atoms with E-state index in [4.69, 9.17) is 0 Å². The van der Waals surface area contributed by atoms with Crippen LogP contribution in [0.4, 0.5) is 0 Å². The van der Waals surface area contributed by atoms with Gasteiger partial charge in [-0.05, 0) is 73.2 Å². The first-order chi connectivity index (χ1) is 7.43. The highest BCUT2D eigenvalue weighted by molar-refractivity contribution is 5.44. The van der Waals surface area contributed by atoms with Crippen LogP contribution in [0.2, 0.25) is 0 Å². The summed E-state index contributed by atoms with van der Waals surface area (Å²) in [5.74, 6) is 6.57. The van der Waals surface area contributed by atoms with E-state index in [0.29, 0.717) is 0 Å². The second-order valence-corrected chi connectivity index (χ2v) is 6.51. The van der Waals surface area contributed by atoms with Crippen molar-refractivity contribution in [2.24, 2.45) is 35.5 Å². The van der Waals surface area contributed by atoms with Gasteiger partial charge in [-0.3, -0.25) is 0 Å². The molecule has 0 amide bonds. The van der Waals surface area contributed by atoms with Crippen LogP contribution in [0, 0.1) is 35.5 Å². The summed E-state index contributed by atoms with van der Waals surface area (Å²) in [6.07, 6.45) is 12.5. The summed E-state index contributed by atoms with van der Waals surface area (Å²) in [5, 5.41) is 0. The van der Waals surface area contributed by atoms with Crippen LogP contribution in [0.15, 0.2) is 23.3 Å². The normalized spacial score (nSPS) is 58.1. The first-order valence-corrected chi connectivity index (χ1v) is 6.84. The number of allylic oxidation sites excluding steroid dienone is 4. The largest absolute Gasteiger partial charge is 0.0842 e. The summed E-state index contributed by atoms with van der Waals surface area (Å²) >= 11 is 0. The van der Waals surface area contributed by atoms with Crippen molar-refractivity contribution in [3.05, 3.63) is 23.3 Å². The number of hydrogen-bond donors (Lipinski definition) is 0. The van der Waals surface area contributed by atoms with Crippen LogP contribution >= 0.6 is 0 Å². The lowest BCUT2D eigenvalue weighted by Crippen LogP contribution is -2.41. The lowest BCUT2D eigenvalue weighted by molar-refractivity contribution is 0.0722. The number of fused-ring (bicyclic) bond motifs is 4. The van der Waals surface area contributed by atoms with Crippen molar-refractivity contribution < 1.29 is 0 Å². The molecule has 0 radical (unpaired) electrons. The van der Waals surface area contributed by atoms with Crippen molar-refractivity contribution in [1.82, 2.24) is 0 Å². The lowest BCUT2D eigenvalue weighted by Gasteiger charge is -2.49. The molecule has 0 heteroatoms. The predicted molar refractivity (Wildman–Crippen MR) is 60.2 cm³/mol. The fourth-order valence-electron chi connectivity index (χ4n) is 5.41. The molecule has 5 rings (SSSR count). The summed E-state index contributed by atoms with van der Waals surface area (Å²) in [6.45, 7) is 0. The van der Waals surface area contributed by atoms with Crippen molar-refractivity contribution in [3.63, 3.8) is 0 Å². The second-order valence-electron chi connectivity index (χ2n) is 6.51. The molecule has 5 aliphatic carbocycles. The zero-order valence-corrected chi connectivity index (χ0v) is 9.15. The Hall–Kier alpha value is -0.520. The van der Waals surface area contributed by atoms with Gasteiger partial charge in [-0.1, -0.05) is 17.7 Å². The van der Waals surface area contributed by atoms with Crippen LogP contribution in [0.1, 0.15) is 32.1 Å². The Bertz CT molecular complexity index is 400. The molecule has 5 aliphatic rings. The Morgan fingerprint density at radius 2 is 2.07 bits per heavy atom. The minimum Gasteiger partial charge on any atom is -0.0842 e. The van der Waals surface area contributed by atoms with Crippen molar-refractivity contribution >= 4 is 0 Å². The first kappa shape index (κ1) is 7.70. The fourth-order valence-corrected chi connectivity index (χ4v) is 5.41. The molecule has 15 heavy (non-hydrogen) atoms. The average molecular weight is 198 g/mol.